The SMILES string of the molecule is CCCCCC(C)[C@H](C)C(C)(O)F. The van der Waals surface area contributed by atoms with E-state index in [1.165, 1.54) is 19.8 Å². The summed E-state index contributed by atoms with van der Waals surface area (Å²) < 4.78 is 13.1. The second-order valence-corrected chi connectivity index (χ2v) is 4.29. The predicted molar refractivity (Wildman–Crippen MR) is 54.2 cm³/mol. The van der Waals surface area contributed by atoms with Gasteiger partial charge in [-0.3, -0.25) is 0 Å². The van der Waals surface area contributed by atoms with E-state index in [2.05, 4.69) is 6.92 Å². The Kier molecular flexibility index (Phi) is 5.54. The lowest BCUT2D eigenvalue weighted by Gasteiger charge is -2.27. The normalized spacial score (nSPS) is 20.8. The van der Waals surface area contributed by atoms with Crippen LogP contribution >= 0.6 is 0 Å². The third kappa shape index (κ3) is 5.25. The van der Waals surface area contributed by atoms with Gasteiger partial charge in [0.25, 0.3) is 0 Å². The molecule has 0 radical (unpaired) electrons. The summed E-state index contributed by atoms with van der Waals surface area (Å²) in [4.78, 5) is 0. The minimum Gasteiger partial charge on any atom is -0.362 e. The molecule has 0 aliphatic rings. The van der Waals surface area contributed by atoms with Crippen molar-refractivity contribution in [1.82, 2.24) is 0 Å². The highest BCUT2D eigenvalue weighted by Gasteiger charge is 2.31. The molecule has 1 N–H and O–H groups in total. The molecule has 0 heterocycles. The molecule has 2 unspecified atom stereocenters. The monoisotopic (exact) mass is 190 g/mol. The standard InChI is InChI=1S/C11H23FO/c1-5-6-7-8-9(2)10(3)11(4,12)13/h9-10,13H,5-8H2,1-4H3/t9?,10-,11?/m0/s1. The summed E-state index contributed by atoms with van der Waals surface area (Å²) in [6.45, 7) is 7.18. The number of hydrogen-bond donors (Lipinski definition) is 1. The van der Waals surface area contributed by atoms with Crippen LogP contribution in [0.4, 0.5) is 4.39 Å². The van der Waals surface area contributed by atoms with Gasteiger partial charge in [0.1, 0.15) is 0 Å². The third-order valence-electron chi connectivity index (χ3n) is 2.95. The number of halogens is 1. The maximum atomic E-state index is 13.1. The summed E-state index contributed by atoms with van der Waals surface area (Å²) in [5.74, 6) is -2.04. The van der Waals surface area contributed by atoms with E-state index in [4.69, 9.17) is 5.11 Å². The van der Waals surface area contributed by atoms with Gasteiger partial charge in [-0.05, 0) is 12.8 Å². The average Bonchev–Trinajstić information content (AvgIpc) is 2.01. The van der Waals surface area contributed by atoms with Gasteiger partial charge in [0.2, 0.25) is 5.85 Å². The van der Waals surface area contributed by atoms with Crippen LogP contribution < -0.4 is 0 Å². The molecule has 0 aromatic heterocycles. The molecular formula is C11H23FO. The Morgan fingerprint density at radius 3 is 2.23 bits per heavy atom. The van der Waals surface area contributed by atoms with Gasteiger partial charge in [0, 0.05) is 5.92 Å². The van der Waals surface area contributed by atoms with Crippen LogP contribution in [0.25, 0.3) is 0 Å². The van der Waals surface area contributed by atoms with E-state index in [0.717, 1.165) is 12.8 Å². The molecule has 0 aliphatic heterocycles. The van der Waals surface area contributed by atoms with Crippen LogP contribution in [0.3, 0.4) is 0 Å². The molecule has 0 aromatic rings. The molecule has 0 amide bonds. The minimum absolute atomic E-state index is 0.256. The number of unbranched alkanes of at least 4 members (excludes halogenated alkanes) is 2. The third-order valence-corrected chi connectivity index (χ3v) is 2.95. The van der Waals surface area contributed by atoms with Crippen molar-refractivity contribution >= 4 is 0 Å². The molecule has 0 aromatic carbocycles. The summed E-state index contributed by atoms with van der Waals surface area (Å²) in [5.41, 5.74) is 0. The number of hydrogen-bond acceptors (Lipinski definition) is 1. The Morgan fingerprint density at radius 2 is 1.85 bits per heavy atom. The van der Waals surface area contributed by atoms with Gasteiger partial charge in [-0.25, -0.2) is 4.39 Å². The van der Waals surface area contributed by atoms with Crippen molar-refractivity contribution in [1.29, 1.82) is 0 Å². The van der Waals surface area contributed by atoms with Crippen molar-refractivity contribution in [2.45, 2.75) is 59.2 Å². The Labute approximate surface area is 81.3 Å². The molecule has 0 saturated heterocycles. The summed E-state index contributed by atoms with van der Waals surface area (Å²) in [5, 5.41) is 9.15. The van der Waals surface area contributed by atoms with Gasteiger partial charge in [-0.2, -0.15) is 0 Å². The smallest absolute Gasteiger partial charge is 0.206 e. The maximum absolute atomic E-state index is 13.1. The highest BCUT2D eigenvalue weighted by atomic mass is 19.2. The Balaban J connectivity index is 3.76. The van der Waals surface area contributed by atoms with E-state index in [-0.39, 0.29) is 11.8 Å². The summed E-state index contributed by atoms with van der Waals surface area (Å²) in [6.07, 6.45) is 4.53. The van der Waals surface area contributed by atoms with Gasteiger partial charge in [-0.15, -0.1) is 0 Å². The van der Waals surface area contributed by atoms with Crippen molar-refractivity contribution < 1.29 is 9.50 Å². The fraction of sp³-hybridized carbons (Fsp3) is 1.00. The van der Waals surface area contributed by atoms with Gasteiger partial charge >= 0.3 is 0 Å². The van der Waals surface area contributed by atoms with E-state index < -0.39 is 5.85 Å². The minimum atomic E-state index is -2.02. The lowest BCUT2D eigenvalue weighted by atomic mass is 9.86. The summed E-state index contributed by atoms with van der Waals surface area (Å²) in [6, 6.07) is 0. The maximum Gasteiger partial charge on any atom is 0.206 e. The zero-order chi connectivity index (χ0) is 10.5. The predicted octanol–water partition coefficient (Wildman–Crippen LogP) is 3.52. The van der Waals surface area contributed by atoms with Crippen LogP contribution in [-0.4, -0.2) is 11.0 Å². The number of alkyl halides is 1. The van der Waals surface area contributed by atoms with Crippen LogP contribution in [0.5, 0.6) is 0 Å². The number of aliphatic hydroxyl groups is 1. The first-order valence-corrected chi connectivity index (χ1v) is 5.30. The van der Waals surface area contributed by atoms with Crippen LogP contribution in [0, 0.1) is 11.8 Å². The van der Waals surface area contributed by atoms with E-state index in [1.807, 2.05) is 6.92 Å². The topological polar surface area (TPSA) is 20.2 Å². The largest absolute Gasteiger partial charge is 0.362 e. The molecule has 1 nitrogen and oxygen atoms in total. The van der Waals surface area contributed by atoms with E-state index in [9.17, 15) is 4.39 Å². The molecule has 0 aliphatic carbocycles. The first kappa shape index (κ1) is 12.9. The lowest BCUT2D eigenvalue weighted by Crippen LogP contribution is -2.31. The van der Waals surface area contributed by atoms with Crippen LogP contribution in [-0.2, 0) is 0 Å². The van der Waals surface area contributed by atoms with E-state index in [0.29, 0.717) is 0 Å². The molecule has 2 heteroatoms. The first-order chi connectivity index (χ1) is 5.89. The molecule has 0 fully saturated rings. The first-order valence-electron chi connectivity index (χ1n) is 5.30. The van der Waals surface area contributed by atoms with Crippen LogP contribution in [0.2, 0.25) is 0 Å². The van der Waals surface area contributed by atoms with Crippen molar-refractivity contribution in [2.75, 3.05) is 0 Å². The van der Waals surface area contributed by atoms with Crippen molar-refractivity contribution in [3.8, 4) is 0 Å². The van der Waals surface area contributed by atoms with Crippen LogP contribution in [0.1, 0.15) is 53.4 Å². The van der Waals surface area contributed by atoms with Crippen LogP contribution in [0.15, 0.2) is 0 Å². The fourth-order valence-corrected chi connectivity index (χ4v) is 1.49. The zero-order valence-electron chi connectivity index (χ0n) is 9.31. The Morgan fingerprint density at radius 1 is 1.31 bits per heavy atom. The highest BCUT2D eigenvalue weighted by Crippen LogP contribution is 2.28. The summed E-state index contributed by atoms with van der Waals surface area (Å²) in [7, 11) is 0. The lowest BCUT2D eigenvalue weighted by molar-refractivity contribution is -0.128. The highest BCUT2D eigenvalue weighted by molar-refractivity contribution is 4.72. The Bertz CT molecular complexity index is 129. The Hall–Kier alpha value is -0.110. The zero-order valence-corrected chi connectivity index (χ0v) is 9.31. The molecule has 0 bridgehead atoms. The second-order valence-electron chi connectivity index (χ2n) is 4.29. The van der Waals surface area contributed by atoms with Gasteiger partial charge in [0.05, 0.1) is 0 Å². The van der Waals surface area contributed by atoms with Gasteiger partial charge in [0.15, 0.2) is 0 Å². The molecule has 13 heavy (non-hydrogen) atoms. The van der Waals surface area contributed by atoms with Crippen molar-refractivity contribution in [3.05, 3.63) is 0 Å². The van der Waals surface area contributed by atoms with Gasteiger partial charge in [-0.1, -0.05) is 46.5 Å². The molecule has 80 valence electrons. The number of rotatable bonds is 6. The summed E-state index contributed by atoms with van der Waals surface area (Å²) >= 11 is 0. The van der Waals surface area contributed by atoms with E-state index in [1.54, 1.807) is 6.92 Å². The molecule has 0 saturated carbocycles. The molecule has 0 rings (SSSR count). The van der Waals surface area contributed by atoms with E-state index >= 15 is 0 Å². The molecular weight excluding hydrogens is 167 g/mol. The van der Waals surface area contributed by atoms with Crippen molar-refractivity contribution in [3.63, 3.8) is 0 Å². The fourth-order valence-electron chi connectivity index (χ4n) is 1.49. The molecule has 3 atom stereocenters. The van der Waals surface area contributed by atoms with Crippen molar-refractivity contribution in [2.24, 2.45) is 11.8 Å². The second kappa shape index (κ2) is 5.58. The van der Waals surface area contributed by atoms with Gasteiger partial charge < -0.3 is 5.11 Å². The average molecular weight is 190 g/mol. The quantitative estimate of drug-likeness (QED) is 0.635. The molecule has 0 spiro atoms.